The van der Waals surface area contributed by atoms with Crippen molar-refractivity contribution in [2.45, 2.75) is 32.6 Å². The van der Waals surface area contributed by atoms with E-state index in [2.05, 4.69) is 10.3 Å². The molecule has 1 fully saturated rings. The zero-order valence-electron chi connectivity index (χ0n) is 17.7. The van der Waals surface area contributed by atoms with Gasteiger partial charge in [-0.05, 0) is 16.5 Å². The molecular weight excluding hydrogens is 438 g/mol. The molecule has 1 saturated heterocycles. The molecule has 2 amide bonds. The van der Waals surface area contributed by atoms with Gasteiger partial charge in [0, 0.05) is 18.5 Å². The summed E-state index contributed by atoms with van der Waals surface area (Å²) in [5.74, 6) is -0.694. The quantitative estimate of drug-likeness (QED) is 0.425. The number of aromatic nitrogens is 1. The molecule has 0 bridgehead atoms. The summed E-state index contributed by atoms with van der Waals surface area (Å²) in [6.45, 7) is 4.03. The molecule has 0 spiro atoms. The Balaban J connectivity index is 1.61. The number of amides is 2. The monoisotopic (exact) mass is 463 g/mol. The Morgan fingerprint density at radius 3 is 2.66 bits per heavy atom. The molecule has 2 N–H and O–H groups in total. The number of benzene rings is 1. The summed E-state index contributed by atoms with van der Waals surface area (Å²) in [7, 11) is 0. The fraction of sp³-hybridized carbons (Fsp3) is 0.450. The summed E-state index contributed by atoms with van der Waals surface area (Å²) in [6, 6.07) is 8.13. The SMILES string of the molecule is CC(C)[C@@H](CN(C(=O)OCc1ccccc1)[N+](=O)[O-])NC(=O)c1csc(N2CC(O)C2)n1. The molecule has 1 aromatic carbocycles. The van der Waals surface area contributed by atoms with Crippen LogP contribution in [0.2, 0.25) is 0 Å². The highest BCUT2D eigenvalue weighted by molar-refractivity contribution is 7.14. The molecule has 0 radical (unpaired) electrons. The van der Waals surface area contributed by atoms with Crippen LogP contribution in [0.15, 0.2) is 35.7 Å². The van der Waals surface area contributed by atoms with Gasteiger partial charge < -0.3 is 20.1 Å². The Morgan fingerprint density at radius 1 is 1.38 bits per heavy atom. The van der Waals surface area contributed by atoms with Crippen LogP contribution in [0.5, 0.6) is 0 Å². The number of rotatable bonds is 9. The van der Waals surface area contributed by atoms with E-state index in [9.17, 15) is 24.8 Å². The number of thiazole rings is 1. The first-order valence-corrected chi connectivity index (χ1v) is 10.9. The van der Waals surface area contributed by atoms with Crippen molar-refractivity contribution in [1.82, 2.24) is 15.3 Å². The first-order chi connectivity index (χ1) is 15.2. The molecule has 2 aromatic rings. The Morgan fingerprint density at radius 2 is 2.06 bits per heavy atom. The van der Waals surface area contributed by atoms with E-state index in [1.807, 2.05) is 11.0 Å². The maximum atomic E-state index is 12.7. The number of aliphatic hydroxyl groups is 1. The van der Waals surface area contributed by atoms with Crippen molar-refractivity contribution in [1.29, 1.82) is 0 Å². The Hall–Kier alpha value is -3.25. The molecule has 1 atom stereocenters. The van der Waals surface area contributed by atoms with Crippen LogP contribution in [0.25, 0.3) is 0 Å². The second-order valence-electron chi connectivity index (χ2n) is 7.76. The molecule has 1 aliphatic heterocycles. The van der Waals surface area contributed by atoms with Crippen molar-refractivity contribution in [2.75, 3.05) is 24.5 Å². The predicted molar refractivity (Wildman–Crippen MR) is 117 cm³/mol. The summed E-state index contributed by atoms with van der Waals surface area (Å²) in [5, 5.41) is 25.4. The van der Waals surface area contributed by atoms with Crippen molar-refractivity contribution in [3.05, 3.63) is 57.1 Å². The number of hydrogen-bond donors (Lipinski definition) is 2. The van der Waals surface area contributed by atoms with Gasteiger partial charge in [-0.2, -0.15) is 0 Å². The highest BCUT2D eigenvalue weighted by Crippen LogP contribution is 2.25. The van der Waals surface area contributed by atoms with Crippen LogP contribution in [0.1, 0.15) is 29.9 Å². The topological polar surface area (TPSA) is 138 Å². The van der Waals surface area contributed by atoms with Gasteiger partial charge in [0.05, 0.1) is 12.1 Å². The van der Waals surface area contributed by atoms with Crippen molar-refractivity contribution < 1.29 is 24.5 Å². The largest absolute Gasteiger partial charge is 0.468 e. The Bertz CT molecular complexity index is 947. The smallest absolute Gasteiger partial charge is 0.441 e. The maximum Gasteiger partial charge on any atom is 0.468 e. The molecule has 1 aromatic heterocycles. The summed E-state index contributed by atoms with van der Waals surface area (Å²) in [5.41, 5.74) is 0.878. The molecule has 12 heteroatoms. The molecule has 0 unspecified atom stereocenters. The minimum Gasteiger partial charge on any atom is -0.441 e. The lowest BCUT2D eigenvalue weighted by molar-refractivity contribution is -0.636. The van der Waals surface area contributed by atoms with Gasteiger partial charge in [-0.1, -0.05) is 44.2 Å². The number of nitrogens with one attached hydrogen (secondary N) is 1. The number of hydrogen-bond acceptors (Lipinski definition) is 9. The van der Waals surface area contributed by atoms with Crippen molar-refractivity contribution in [2.24, 2.45) is 5.92 Å². The number of ether oxygens (including phenoxy) is 1. The van der Waals surface area contributed by atoms with E-state index >= 15 is 0 Å². The van der Waals surface area contributed by atoms with Gasteiger partial charge in [0.1, 0.15) is 18.8 Å². The molecular formula is C20H25N5O6S. The van der Waals surface area contributed by atoms with E-state index in [1.54, 1.807) is 43.5 Å². The Labute approximate surface area is 188 Å². The Kier molecular flexibility index (Phi) is 7.59. The molecule has 0 aliphatic carbocycles. The third kappa shape index (κ3) is 5.92. The van der Waals surface area contributed by atoms with E-state index in [0.29, 0.717) is 28.8 Å². The summed E-state index contributed by atoms with van der Waals surface area (Å²) >= 11 is 1.28. The van der Waals surface area contributed by atoms with Crippen LogP contribution >= 0.6 is 11.3 Å². The molecule has 11 nitrogen and oxygen atoms in total. The fourth-order valence-electron chi connectivity index (χ4n) is 2.98. The average molecular weight is 464 g/mol. The summed E-state index contributed by atoms with van der Waals surface area (Å²) in [6.07, 6.45) is -1.50. The van der Waals surface area contributed by atoms with Crippen LogP contribution in [0, 0.1) is 16.0 Å². The maximum absolute atomic E-state index is 12.7. The number of carbonyl (C=O) groups excluding carboxylic acids is 2. The van der Waals surface area contributed by atoms with Gasteiger partial charge in [-0.3, -0.25) is 4.79 Å². The van der Waals surface area contributed by atoms with Crippen LogP contribution < -0.4 is 10.2 Å². The normalized spacial score (nSPS) is 14.6. The highest BCUT2D eigenvalue weighted by atomic mass is 32.1. The number of nitrogens with zero attached hydrogens (tertiary/aromatic N) is 4. The van der Waals surface area contributed by atoms with Gasteiger partial charge in [-0.25, -0.2) is 19.9 Å². The van der Waals surface area contributed by atoms with Crippen LogP contribution in [-0.4, -0.2) is 63.9 Å². The standard InChI is InChI=1S/C20H25N5O6S/c1-13(2)16(21-18(27)17-12-32-19(22-17)23-8-15(26)9-23)10-24(25(29)30)20(28)31-11-14-6-4-3-5-7-14/h3-7,12-13,15-16,26H,8-11H2,1-2H3,(H,21,27)/t16-/m1/s1. The van der Waals surface area contributed by atoms with E-state index in [4.69, 9.17) is 4.74 Å². The predicted octanol–water partition coefficient (Wildman–Crippen LogP) is 1.91. The fourth-order valence-corrected chi connectivity index (χ4v) is 3.80. The van der Waals surface area contributed by atoms with Crippen LogP contribution in [0.4, 0.5) is 9.93 Å². The van der Waals surface area contributed by atoms with Gasteiger partial charge in [0.15, 0.2) is 10.2 Å². The second kappa shape index (κ2) is 10.4. The number of β-amino-alcohol motifs (C(OH)–C–C–N with tert-alkyl or cyclic N) is 1. The number of nitro groups is 1. The first kappa shape index (κ1) is 23.4. The summed E-state index contributed by atoms with van der Waals surface area (Å²) < 4.78 is 5.07. The molecule has 172 valence electrons. The number of anilines is 1. The first-order valence-electron chi connectivity index (χ1n) is 10.1. The van der Waals surface area contributed by atoms with Crippen LogP contribution in [0.3, 0.4) is 0 Å². The second-order valence-corrected chi connectivity index (χ2v) is 8.59. The number of aliphatic hydroxyl groups excluding tert-OH is 1. The lowest BCUT2D eigenvalue weighted by Crippen LogP contribution is -2.51. The van der Waals surface area contributed by atoms with Crippen molar-refractivity contribution in [3.8, 4) is 0 Å². The van der Waals surface area contributed by atoms with Gasteiger partial charge in [0.2, 0.25) is 0 Å². The molecule has 0 saturated carbocycles. The minimum absolute atomic E-state index is 0.102. The molecule has 2 heterocycles. The molecule has 32 heavy (non-hydrogen) atoms. The lowest BCUT2D eigenvalue weighted by atomic mass is 10.0. The van der Waals surface area contributed by atoms with Crippen molar-refractivity contribution in [3.63, 3.8) is 0 Å². The molecule has 3 rings (SSSR count). The third-order valence-electron chi connectivity index (χ3n) is 4.96. The van der Waals surface area contributed by atoms with Gasteiger partial charge >= 0.3 is 6.09 Å². The number of carbonyl (C=O) groups is 2. The zero-order valence-corrected chi connectivity index (χ0v) is 18.5. The van der Waals surface area contributed by atoms with E-state index in [-0.39, 0.29) is 24.8 Å². The highest BCUT2D eigenvalue weighted by Gasteiger charge is 2.33. The van der Waals surface area contributed by atoms with E-state index in [0.717, 1.165) is 0 Å². The number of hydrazine groups is 1. The van der Waals surface area contributed by atoms with E-state index in [1.165, 1.54) is 11.3 Å². The van der Waals surface area contributed by atoms with Gasteiger partial charge in [-0.15, -0.1) is 11.3 Å². The van der Waals surface area contributed by atoms with Crippen molar-refractivity contribution >= 4 is 28.5 Å². The average Bonchev–Trinajstić information content (AvgIpc) is 3.22. The van der Waals surface area contributed by atoms with Gasteiger partial charge in [0.25, 0.3) is 5.91 Å². The summed E-state index contributed by atoms with van der Waals surface area (Å²) in [4.78, 5) is 42.6. The van der Waals surface area contributed by atoms with E-state index < -0.39 is 29.2 Å². The lowest BCUT2D eigenvalue weighted by Gasteiger charge is -2.35. The van der Waals surface area contributed by atoms with Crippen LogP contribution in [-0.2, 0) is 11.3 Å². The third-order valence-corrected chi connectivity index (χ3v) is 5.86. The zero-order chi connectivity index (χ0) is 23.3. The molecule has 1 aliphatic rings. The minimum atomic E-state index is -1.11.